The highest BCUT2D eigenvalue weighted by atomic mass is 16.1. The van der Waals surface area contributed by atoms with Crippen molar-refractivity contribution in [3.63, 3.8) is 0 Å². The Kier molecular flexibility index (Phi) is 3.73. The van der Waals surface area contributed by atoms with Crippen molar-refractivity contribution in [1.29, 1.82) is 0 Å². The molecular formula is C21H19N3O. The fraction of sp³-hybridized carbons (Fsp3) is 0.143. The van der Waals surface area contributed by atoms with Gasteiger partial charge in [-0.2, -0.15) is 0 Å². The molecule has 0 aliphatic carbocycles. The molecule has 0 radical (unpaired) electrons. The van der Waals surface area contributed by atoms with Crippen LogP contribution in [0.3, 0.4) is 0 Å². The maximum atomic E-state index is 13.1. The minimum atomic E-state index is -0.0207. The highest BCUT2D eigenvalue weighted by Gasteiger charge is 2.17. The number of hydrogen-bond acceptors (Lipinski definition) is 2. The standard InChI is InChI=1S/C21H19N3O/c1-3-4-14-23-18-13-9-8-12-17(18)20(25)24-15(2)19(22-21(23)24)16-10-6-5-7-11-16/h3,5-13H,1,4,14H2,2H3. The van der Waals surface area contributed by atoms with Gasteiger partial charge >= 0.3 is 0 Å². The highest BCUT2D eigenvalue weighted by molar-refractivity contribution is 5.81. The average molecular weight is 329 g/mol. The molecule has 2 heterocycles. The molecule has 124 valence electrons. The van der Waals surface area contributed by atoms with Crippen LogP contribution in [0.25, 0.3) is 27.9 Å². The maximum absolute atomic E-state index is 13.1. The monoisotopic (exact) mass is 329 g/mol. The summed E-state index contributed by atoms with van der Waals surface area (Å²) in [6.07, 6.45) is 2.70. The first kappa shape index (κ1) is 15.4. The van der Waals surface area contributed by atoms with Crippen LogP contribution in [0.4, 0.5) is 0 Å². The van der Waals surface area contributed by atoms with E-state index >= 15 is 0 Å². The van der Waals surface area contributed by atoms with Crippen molar-refractivity contribution < 1.29 is 0 Å². The molecule has 0 atom stereocenters. The lowest BCUT2D eigenvalue weighted by atomic mass is 10.1. The highest BCUT2D eigenvalue weighted by Crippen LogP contribution is 2.24. The van der Waals surface area contributed by atoms with Crippen LogP contribution in [-0.2, 0) is 6.54 Å². The lowest BCUT2D eigenvalue weighted by molar-refractivity contribution is 0.729. The number of allylic oxidation sites excluding steroid dienone is 1. The van der Waals surface area contributed by atoms with Gasteiger partial charge in [-0.05, 0) is 25.5 Å². The molecule has 4 heteroatoms. The second-order valence-electron chi connectivity index (χ2n) is 6.10. The van der Waals surface area contributed by atoms with Gasteiger partial charge in [0, 0.05) is 12.1 Å². The summed E-state index contributed by atoms with van der Waals surface area (Å²) < 4.78 is 3.84. The summed E-state index contributed by atoms with van der Waals surface area (Å²) in [6, 6.07) is 17.7. The van der Waals surface area contributed by atoms with Crippen LogP contribution in [-0.4, -0.2) is 14.0 Å². The van der Waals surface area contributed by atoms with Gasteiger partial charge in [0.25, 0.3) is 5.56 Å². The van der Waals surface area contributed by atoms with Gasteiger partial charge in [-0.1, -0.05) is 48.5 Å². The Hall–Kier alpha value is -3.14. The molecule has 0 aliphatic heterocycles. The molecule has 4 nitrogen and oxygen atoms in total. The summed E-state index contributed by atoms with van der Waals surface area (Å²) in [5, 5.41) is 0.708. The zero-order valence-corrected chi connectivity index (χ0v) is 14.1. The summed E-state index contributed by atoms with van der Waals surface area (Å²) in [5.74, 6) is 0.682. The minimum Gasteiger partial charge on any atom is -0.310 e. The Morgan fingerprint density at radius 2 is 1.80 bits per heavy atom. The van der Waals surface area contributed by atoms with E-state index in [9.17, 15) is 4.79 Å². The number of benzene rings is 2. The molecule has 0 amide bonds. The van der Waals surface area contributed by atoms with Gasteiger partial charge < -0.3 is 4.57 Å². The van der Waals surface area contributed by atoms with Crippen LogP contribution in [0.1, 0.15) is 12.1 Å². The number of hydrogen-bond donors (Lipinski definition) is 0. The van der Waals surface area contributed by atoms with Crippen LogP contribution in [0.15, 0.2) is 72.0 Å². The van der Waals surface area contributed by atoms with Crippen molar-refractivity contribution in [2.24, 2.45) is 0 Å². The third kappa shape index (κ3) is 2.38. The van der Waals surface area contributed by atoms with Crippen molar-refractivity contribution >= 4 is 16.7 Å². The van der Waals surface area contributed by atoms with Crippen molar-refractivity contribution in [3.8, 4) is 11.3 Å². The third-order valence-corrected chi connectivity index (χ3v) is 4.56. The first-order chi connectivity index (χ1) is 12.2. The normalized spacial score (nSPS) is 11.2. The van der Waals surface area contributed by atoms with E-state index in [1.165, 1.54) is 0 Å². The van der Waals surface area contributed by atoms with Gasteiger partial charge in [-0.25, -0.2) is 9.38 Å². The molecular weight excluding hydrogens is 310 g/mol. The predicted octanol–water partition coefficient (Wildman–Crippen LogP) is 4.20. The first-order valence-electron chi connectivity index (χ1n) is 8.39. The number of aryl methyl sites for hydroxylation is 2. The van der Waals surface area contributed by atoms with Gasteiger partial charge in [0.15, 0.2) is 0 Å². The van der Waals surface area contributed by atoms with Crippen LogP contribution in [0.5, 0.6) is 0 Å². The SMILES string of the molecule is C=CCCn1c2ccccc2c(=O)n2c(C)c(-c3ccccc3)nc12. The van der Waals surface area contributed by atoms with Gasteiger partial charge in [-0.3, -0.25) is 4.79 Å². The average Bonchev–Trinajstić information content (AvgIpc) is 3.00. The van der Waals surface area contributed by atoms with E-state index in [-0.39, 0.29) is 5.56 Å². The summed E-state index contributed by atoms with van der Waals surface area (Å²) in [5.41, 5.74) is 3.62. The molecule has 0 saturated carbocycles. The van der Waals surface area contributed by atoms with E-state index in [0.717, 1.165) is 35.4 Å². The van der Waals surface area contributed by atoms with Crippen molar-refractivity contribution in [2.75, 3.05) is 0 Å². The Balaban J connectivity index is 2.13. The summed E-state index contributed by atoms with van der Waals surface area (Å²) in [7, 11) is 0. The van der Waals surface area contributed by atoms with E-state index in [1.54, 1.807) is 4.40 Å². The minimum absolute atomic E-state index is 0.0207. The molecule has 0 unspecified atom stereocenters. The molecule has 0 spiro atoms. The largest absolute Gasteiger partial charge is 0.310 e. The number of rotatable bonds is 4. The molecule has 2 aromatic heterocycles. The van der Waals surface area contributed by atoms with Gasteiger partial charge in [0.05, 0.1) is 22.3 Å². The van der Waals surface area contributed by atoms with Crippen molar-refractivity contribution in [1.82, 2.24) is 14.0 Å². The number of fused-ring (bicyclic) bond motifs is 2. The Morgan fingerprint density at radius 1 is 1.08 bits per heavy atom. The van der Waals surface area contributed by atoms with E-state index in [0.29, 0.717) is 11.2 Å². The quantitative estimate of drug-likeness (QED) is 0.526. The summed E-state index contributed by atoms with van der Waals surface area (Å²) in [6.45, 7) is 6.51. The molecule has 0 bridgehead atoms. The molecule has 2 aromatic carbocycles. The van der Waals surface area contributed by atoms with Gasteiger partial charge in [0.2, 0.25) is 5.78 Å². The fourth-order valence-electron chi connectivity index (χ4n) is 3.34. The van der Waals surface area contributed by atoms with Crippen molar-refractivity contribution in [2.45, 2.75) is 19.9 Å². The Labute approximate surface area is 145 Å². The topological polar surface area (TPSA) is 39.3 Å². The lowest BCUT2D eigenvalue weighted by Gasteiger charge is -2.12. The van der Waals surface area contributed by atoms with E-state index < -0.39 is 0 Å². The molecule has 25 heavy (non-hydrogen) atoms. The number of nitrogens with zero attached hydrogens (tertiary/aromatic N) is 3. The second-order valence-corrected chi connectivity index (χ2v) is 6.10. The third-order valence-electron chi connectivity index (χ3n) is 4.56. The van der Waals surface area contributed by atoms with E-state index in [2.05, 4.69) is 11.1 Å². The number of aromatic nitrogens is 3. The van der Waals surface area contributed by atoms with Crippen LogP contribution in [0.2, 0.25) is 0 Å². The molecule has 4 rings (SSSR count). The van der Waals surface area contributed by atoms with Crippen LogP contribution in [0, 0.1) is 6.92 Å². The van der Waals surface area contributed by atoms with Crippen LogP contribution >= 0.6 is 0 Å². The maximum Gasteiger partial charge on any atom is 0.267 e. The first-order valence-corrected chi connectivity index (χ1v) is 8.39. The van der Waals surface area contributed by atoms with E-state index in [4.69, 9.17) is 4.98 Å². The molecule has 0 saturated heterocycles. The molecule has 0 fully saturated rings. The molecule has 0 aliphatic rings. The fourth-order valence-corrected chi connectivity index (χ4v) is 3.34. The van der Waals surface area contributed by atoms with Crippen molar-refractivity contribution in [3.05, 3.63) is 83.3 Å². The lowest BCUT2D eigenvalue weighted by Crippen LogP contribution is -2.20. The molecule has 0 N–H and O–H groups in total. The van der Waals surface area contributed by atoms with E-state index in [1.807, 2.05) is 67.6 Å². The number of imidazole rings is 1. The number of para-hydroxylation sites is 1. The molecule has 4 aromatic rings. The summed E-state index contributed by atoms with van der Waals surface area (Å²) in [4.78, 5) is 17.9. The van der Waals surface area contributed by atoms with Gasteiger partial charge in [-0.15, -0.1) is 6.58 Å². The Bertz CT molecular complexity index is 1140. The Morgan fingerprint density at radius 3 is 2.56 bits per heavy atom. The van der Waals surface area contributed by atoms with Crippen LogP contribution < -0.4 is 5.56 Å². The smallest absolute Gasteiger partial charge is 0.267 e. The second kappa shape index (κ2) is 6.06. The zero-order chi connectivity index (χ0) is 17.4. The predicted molar refractivity (Wildman–Crippen MR) is 102 cm³/mol. The van der Waals surface area contributed by atoms with Gasteiger partial charge in [0.1, 0.15) is 0 Å². The zero-order valence-electron chi connectivity index (χ0n) is 14.1. The summed E-state index contributed by atoms with van der Waals surface area (Å²) >= 11 is 0.